The van der Waals surface area contributed by atoms with E-state index in [1.165, 1.54) is 13.2 Å². The highest BCUT2D eigenvalue weighted by Gasteiger charge is 2.35. The number of halogens is 3. The van der Waals surface area contributed by atoms with E-state index in [0.717, 1.165) is 11.6 Å². The third-order valence-corrected chi connectivity index (χ3v) is 5.41. The van der Waals surface area contributed by atoms with Gasteiger partial charge in [0.2, 0.25) is 0 Å². The number of nitrogens with one attached hydrogen (secondary N) is 2. The SMILES string of the molecule is CCOC(=O)Cc1cc(-c2ccccc2CNC(=O)NCc2ccccc2)c(OC)cc1C(F)(F)F. The predicted molar refractivity (Wildman–Crippen MR) is 129 cm³/mol. The number of amides is 2. The number of urea groups is 1. The van der Waals surface area contributed by atoms with E-state index in [4.69, 9.17) is 9.47 Å². The summed E-state index contributed by atoms with van der Waals surface area (Å²) < 4.78 is 51.4. The van der Waals surface area contributed by atoms with Crippen molar-refractivity contribution < 1.29 is 32.2 Å². The van der Waals surface area contributed by atoms with Crippen LogP contribution in [0.4, 0.5) is 18.0 Å². The van der Waals surface area contributed by atoms with Crippen LogP contribution in [0.25, 0.3) is 11.1 Å². The number of hydrogen-bond donors (Lipinski definition) is 2. The summed E-state index contributed by atoms with van der Waals surface area (Å²) in [6.45, 7) is 2.11. The van der Waals surface area contributed by atoms with Gasteiger partial charge < -0.3 is 20.1 Å². The molecular formula is C27H27F3N2O4. The minimum absolute atomic E-state index is 0.00378. The molecule has 3 rings (SSSR count). The van der Waals surface area contributed by atoms with E-state index in [2.05, 4.69) is 10.6 Å². The first-order valence-corrected chi connectivity index (χ1v) is 11.3. The van der Waals surface area contributed by atoms with Crippen LogP contribution in [0.15, 0.2) is 66.7 Å². The molecule has 36 heavy (non-hydrogen) atoms. The van der Waals surface area contributed by atoms with Crippen molar-refractivity contribution >= 4 is 12.0 Å². The fourth-order valence-electron chi connectivity index (χ4n) is 3.74. The molecule has 190 valence electrons. The molecule has 0 aromatic heterocycles. The molecule has 0 bridgehead atoms. The molecule has 0 saturated carbocycles. The lowest BCUT2D eigenvalue weighted by Gasteiger charge is -2.19. The number of carbonyl (C=O) groups is 2. The van der Waals surface area contributed by atoms with Gasteiger partial charge in [0, 0.05) is 18.7 Å². The number of ether oxygens (including phenoxy) is 2. The van der Waals surface area contributed by atoms with Crippen molar-refractivity contribution in [3.63, 3.8) is 0 Å². The van der Waals surface area contributed by atoms with Gasteiger partial charge in [-0.3, -0.25) is 4.79 Å². The van der Waals surface area contributed by atoms with E-state index >= 15 is 0 Å². The van der Waals surface area contributed by atoms with Crippen LogP contribution in [-0.4, -0.2) is 25.7 Å². The van der Waals surface area contributed by atoms with Gasteiger partial charge in [-0.15, -0.1) is 0 Å². The maximum absolute atomic E-state index is 13.8. The molecule has 2 amide bonds. The Hall–Kier alpha value is -4.01. The first-order chi connectivity index (χ1) is 17.2. The molecule has 3 aromatic carbocycles. The van der Waals surface area contributed by atoms with Gasteiger partial charge in [-0.25, -0.2) is 4.79 Å². The third-order valence-electron chi connectivity index (χ3n) is 5.41. The van der Waals surface area contributed by atoms with Gasteiger partial charge in [0.05, 0.1) is 25.7 Å². The fraction of sp³-hybridized carbons (Fsp3) is 0.259. The van der Waals surface area contributed by atoms with E-state index in [-0.39, 0.29) is 24.5 Å². The Kier molecular flexibility index (Phi) is 8.94. The van der Waals surface area contributed by atoms with Crippen molar-refractivity contribution in [3.05, 3.63) is 89.0 Å². The Bertz CT molecular complexity index is 1200. The van der Waals surface area contributed by atoms with Crippen molar-refractivity contribution in [2.75, 3.05) is 13.7 Å². The van der Waals surface area contributed by atoms with Crippen LogP contribution in [0.1, 0.15) is 29.2 Å². The molecule has 9 heteroatoms. The lowest BCUT2D eigenvalue weighted by Crippen LogP contribution is -2.34. The van der Waals surface area contributed by atoms with Gasteiger partial charge in [-0.2, -0.15) is 13.2 Å². The molecule has 0 aliphatic carbocycles. The van der Waals surface area contributed by atoms with E-state index in [9.17, 15) is 22.8 Å². The smallest absolute Gasteiger partial charge is 0.416 e. The minimum atomic E-state index is -4.69. The summed E-state index contributed by atoms with van der Waals surface area (Å²) in [7, 11) is 1.28. The second kappa shape index (κ2) is 12.1. The summed E-state index contributed by atoms with van der Waals surface area (Å²) in [4.78, 5) is 24.4. The zero-order valence-corrected chi connectivity index (χ0v) is 19.9. The number of hydrogen-bond acceptors (Lipinski definition) is 4. The van der Waals surface area contributed by atoms with Crippen LogP contribution in [0.5, 0.6) is 5.75 Å². The summed E-state index contributed by atoms with van der Waals surface area (Å²) in [5.74, 6) is -0.764. The van der Waals surface area contributed by atoms with Gasteiger partial charge in [0.15, 0.2) is 0 Å². The van der Waals surface area contributed by atoms with Gasteiger partial charge in [-0.05, 0) is 41.3 Å². The molecule has 2 N–H and O–H groups in total. The summed E-state index contributed by atoms with van der Waals surface area (Å²) >= 11 is 0. The first-order valence-electron chi connectivity index (χ1n) is 11.3. The number of rotatable bonds is 9. The zero-order chi connectivity index (χ0) is 26.1. The summed E-state index contributed by atoms with van der Waals surface area (Å²) in [6, 6.07) is 18.2. The van der Waals surface area contributed by atoms with Crippen molar-refractivity contribution in [2.45, 2.75) is 32.6 Å². The molecule has 0 aliphatic heterocycles. The molecule has 0 fully saturated rings. The lowest BCUT2D eigenvalue weighted by atomic mass is 9.93. The molecule has 0 heterocycles. The van der Waals surface area contributed by atoms with E-state index < -0.39 is 30.2 Å². The quantitative estimate of drug-likeness (QED) is 0.381. The van der Waals surface area contributed by atoms with Gasteiger partial charge in [0.1, 0.15) is 5.75 Å². The maximum Gasteiger partial charge on any atom is 0.416 e. The molecule has 0 unspecified atom stereocenters. The van der Waals surface area contributed by atoms with Crippen LogP contribution in [0, 0.1) is 0 Å². The minimum Gasteiger partial charge on any atom is -0.496 e. The Morgan fingerprint density at radius 3 is 2.19 bits per heavy atom. The average Bonchev–Trinajstić information content (AvgIpc) is 2.86. The third kappa shape index (κ3) is 7.00. The number of esters is 1. The largest absolute Gasteiger partial charge is 0.496 e. The van der Waals surface area contributed by atoms with Crippen LogP contribution in [0.2, 0.25) is 0 Å². The molecular weight excluding hydrogens is 473 g/mol. The Morgan fingerprint density at radius 1 is 0.861 bits per heavy atom. The fourth-order valence-corrected chi connectivity index (χ4v) is 3.74. The van der Waals surface area contributed by atoms with Crippen molar-refractivity contribution in [3.8, 4) is 16.9 Å². The van der Waals surface area contributed by atoms with E-state index in [1.807, 2.05) is 30.3 Å². The molecule has 0 atom stereocenters. The van der Waals surface area contributed by atoms with E-state index in [0.29, 0.717) is 23.2 Å². The zero-order valence-electron chi connectivity index (χ0n) is 19.9. The second-order valence-electron chi connectivity index (χ2n) is 7.87. The van der Waals surface area contributed by atoms with Crippen molar-refractivity contribution in [1.82, 2.24) is 10.6 Å². The van der Waals surface area contributed by atoms with Crippen LogP contribution in [0.3, 0.4) is 0 Å². The maximum atomic E-state index is 13.8. The van der Waals surface area contributed by atoms with E-state index in [1.54, 1.807) is 31.2 Å². The highest BCUT2D eigenvalue weighted by molar-refractivity contribution is 5.79. The Morgan fingerprint density at radius 2 is 1.53 bits per heavy atom. The van der Waals surface area contributed by atoms with Crippen molar-refractivity contribution in [1.29, 1.82) is 0 Å². The number of carbonyl (C=O) groups excluding carboxylic acids is 2. The standard InChI is InChI=1S/C27H27F3N2O4/c1-3-36-25(33)14-20-13-22(24(35-2)15-23(20)27(28,29)30)21-12-8-7-11-19(21)17-32-26(34)31-16-18-9-5-4-6-10-18/h4-13,15H,3,14,16-17H2,1-2H3,(H2,31,32,34). The first kappa shape index (κ1) is 26.6. The number of alkyl halides is 3. The normalized spacial score (nSPS) is 11.0. The number of methoxy groups -OCH3 is 1. The average molecular weight is 501 g/mol. The summed E-state index contributed by atoms with van der Waals surface area (Å²) in [6.07, 6.45) is -5.23. The lowest BCUT2D eigenvalue weighted by molar-refractivity contribution is -0.143. The van der Waals surface area contributed by atoms with Crippen LogP contribution in [-0.2, 0) is 35.2 Å². The van der Waals surface area contributed by atoms with Gasteiger partial charge in [0.25, 0.3) is 0 Å². The topological polar surface area (TPSA) is 76.7 Å². The second-order valence-corrected chi connectivity index (χ2v) is 7.87. The monoisotopic (exact) mass is 500 g/mol. The van der Waals surface area contributed by atoms with Gasteiger partial charge in [-0.1, -0.05) is 54.6 Å². The Balaban J connectivity index is 1.88. The van der Waals surface area contributed by atoms with Gasteiger partial charge >= 0.3 is 18.2 Å². The molecule has 0 aliphatic rings. The molecule has 0 saturated heterocycles. The molecule has 6 nitrogen and oxygen atoms in total. The van der Waals surface area contributed by atoms with Crippen LogP contribution >= 0.6 is 0 Å². The predicted octanol–water partition coefficient (Wildman–Crippen LogP) is 5.49. The molecule has 3 aromatic rings. The highest BCUT2D eigenvalue weighted by atomic mass is 19.4. The highest BCUT2D eigenvalue weighted by Crippen LogP contribution is 2.41. The molecule has 0 spiro atoms. The summed E-state index contributed by atoms with van der Waals surface area (Å²) in [5.41, 5.74) is 1.35. The van der Waals surface area contributed by atoms with Crippen molar-refractivity contribution in [2.24, 2.45) is 0 Å². The molecule has 0 radical (unpaired) electrons. The van der Waals surface area contributed by atoms with Crippen LogP contribution < -0.4 is 15.4 Å². The Labute approximate surface area is 207 Å². The number of benzene rings is 3. The summed E-state index contributed by atoms with van der Waals surface area (Å²) in [5, 5.41) is 5.54.